The van der Waals surface area contributed by atoms with Crippen LogP contribution >= 0.6 is 0 Å². The van der Waals surface area contributed by atoms with E-state index in [-0.39, 0.29) is 5.75 Å². The Morgan fingerprint density at radius 1 is 1.14 bits per heavy atom. The first-order valence-corrected chi connectivity index (χ1v) is 8.16. The lowest BCUT2D eigenvalue weighted by atomic mass is 10.1. The van der Waals surface area contributed by atoms with Crippen LogP contribution in [-0.4, -0.2) is 32.6 Å². The van der Waals surface area contributed by atoms with Crippen molar-refractivity contribution in [2.75, 3.05) is 25.6 Å². The predicted molar refractivity (Wildman–Crippen MR) is 94.8 cm³/mol. The molecule has 0 radical (unpaired) electrons. The zero-order valence-corrected chi connectivity index (χ0v) is 14.7. The van der Waals surface area contributed by atoms with Gasteiger partial charge in [-0.05, 0) is 48.0 Å². The van der Waals surface area contributed by atoms with Gasteiger partial charge in [-0.3, -0.25) is 4.79 Å². The molecule has 0 spiro atoms. The van der Waals surface area contributed by atoms with Crippen molar-refractivity contribution < 1.29 is 36.9 Å². The molecule has 0 fully saturated rings. The summed E-state index contributed by atoms with van der Waals surface area (Å²) >= 11 is 0. The van der Waals surface area contributed by atoms with Crippen LogP contribution in [0, 0.1) is 0 Å². The number of halogens is 3. The lowest BCUT2D eigenvalue weighted by Crippen LogP contribution is -2.17. The first kappa shape index (κ1) is 19.4. The van der Waals surface area contributed by atoms with Crippen LogP contribution in [0.25, 0.3) is 6.08 Å². The molecular weight excluding hydrogens is 379 g/mol. The Hall–Kier alpha value is -3.36. The lowest BCUT2D eigenvalue weighted by Gasteiger charge is -2.20. The molecule has 1 N–H and O–H groups in total. The Bertz CT molecular complexity index is 861. The molecule has 0 saturated carbocycles. The smallest absolute Gasteiger partial charge is 0.493 e. The molecule has 0 saturated heterocycles. The second kappa shape index (κ2) is 8.12. The monoisotopic (exact) mass is 395 g/mol. The highest BCUT2D eigenvalue weighted by atomic mass is 19.4. The summed E-state index contributed by atoms with van der Waals surface area (Å²) in [4.78, 5) is 12.0. The minimum atomic E-state index is -4.77. The van der Waals surface area contributed by atoms with Gasteiger partial charge in [0.15, 0.2) is 11.5 Å². The van der Waals surface area contributed by atoms with E-state index >= 15 is 0 Å². The first-order valence-electron chi connectivity index (χ1n) is 8.16. The maximum atomic E-state index is 12.1. The zero-order chi connectivity index (χ0) is 20.1. The molecule has 0 aliphatic carbocycles. The number of ether oxygens (including phenoxy) is 4. The zero-order valence-electron chi connectivity index (χ0n) is 14.7. The van der Waals surface area contributed by atoms with Crippen molar-refractivity contribution in [2.24, 2.45) is 0 Å². The molecule has 148 valence electrons. The minimum Gasteiger partial charge on any atom is -0.493 e. The molecule has 0 aromatic heterocycles. The van der Waals surface area contributed by atoms with Crippen molar-refractivity contribution >= 4 is 17.7 Å². The summed E-state index contributed by atoms with van der Waals surface area (Å²) in [6, 6.07) is 8.24. The fourth-order valence-corrected chi connectivity index (χ4v) is 2.49. The van der Waals surface area contributed by atoms with Crippen LogP contribution in [0.15, 0.2) is 42.5 Å². The van der Waals surface area contributed by atoms with Gasteiger partial charge in [0, 0.05) is 11.8 Å². The van der Waals surface area contributed by atoms with E-state index in [2.05, 4.69) is 10.1 Å². The number of nitrogens with one attached hydrogen (secondary N) is 1. The van der Waals surface area contributed by atoms with E-state index in [1.54, 1.807) is 18.2 Å². The molecule has 2 aromatic rings. The van der Waals surface area contributed by atoms with Crippen LogP contribution < -0.4 is 24.3 Å². The number of carbonyl (C=O) groups excluding carboxylic acids is 1. The number of alkyl halides is 3. The summed E-state index contributed by atoms with van der Waals surface area (Å²) in [5.41, 5.74) is 0.981. The molecular formula is C19H16F3NO5. The Morgan fingerprint density at radius 2 is 1.86 bits per heavy atom. The van der Waals surface area contributed by atoms with Crippen LogP contribution in [0.3, 0.4) is 0 Å². The van der Waals surface area contributed by atoms with E-state index in [4.69, 9.17) is 14.2 Å². The molecule has 3 rings (SSSR count). The molecule has 1 aliphatic heterocycles. The van der Waals surface area contributed by atoms with Gasteiger partial charge < -0.3 is 24.3 Å². The number of benzene rings is 2. The standard InChI is InChI=1S/C19H16F3NO5/c1-25-15-10-12(11-16-18(15)27-9-8-26-16)2-7-17(24)23-13-3-5-14(6-4-13)28-19(20,21)22/h2-7,10-11H,8-9H2,1H3,(H,23,24)/b7-2+. The SMILES string of the molecule is COc1cc(/C=C/C(=O)Nc2ccc(OC(F)(F)F)cc2)cc2c1OCCO2. The average molecular weight is 395 g/mol. The maximum Gasteiger partial charge on any atom is 0.573 e. The predicted octanol–water partition coefficient (Wildman–Crippen LogP) is 4.02. The van der Waals surface area contributed by atoms with Crippen LogP contribution in [0.2, 0.25) is 0 Å². The van der Waals surface area contributed by atoms with E-state index in [0.717, 1.165) is 12.1 Å². The van der Waals surface area contributed by atoms with E-state index in [1.807, 2.05) is 0 Å². The van der Waals surface area contributed by atoms with Gasteiger partial charge in [0.2, 0.25) is 11.7 Å². The van der Waals surface area contributed by atoms with Crippen molar-refractivity contribution in [3.05, 3.63) is 48.0 Å². The molecule has 1 amide bonds. The van der Waals surface area contributed by atoms with Crippen molar-refractivity contribution in [3.8, 4) is 23.0 Å². The molecule has 0 atom stereocenters. The number of amides is 1. The Kier molecular flexibility index (Phi) is 5.62. The van der Waals surface area contributed by atoms with Crippen molar-refractivity contribution in [1.82, 2.24) is 0 Å². The Balaban J connectivity index is 1.65. The van der Waals surface area contributed by atoms with E-state index in [9.17, 15) is 18.0 Å². The summed E-state index contributed by atoms with van der Waals surface area (Å²) in [5, 5.41) is 2.54. The van der Waals surface area contributed by atoms with Gasteiger partial charge in [-0.25, -0.2) is 0 Å². The Morgan fingerprint density at radius 3 is 2.54 bits per heavy atom. The van der Waals surface area contributed by atoms with Gasteiger partial charge in [0.25, 0.3) is 0 Å². The largest absolute Gasteiger partial charge is 0.573 e. The van der Waals surface area contributed by atoms with Gasteiger partial charge >= 0.3 is 6.36 Å². The summed E-state index contributed by atoms with van der Waals surface area (Å²) < 4.78 is 56.5. The first-order chi connectivity index (χ1) is 13.3. The highest BCUT2D eigenvalue weighted by molar-refractivity contribution is 6.02. The Labute approximate surface area is 158 Å². The normalized spacial score (nSPS) is 13.3. The molecule has 0 unspecified atom stereocenters. The average Bonchev–Trinajstić information content (AvgIpc) is 2.66. The number of fused-ring (bicyclic) bond motifs is 1. The van der Waals surface area contributed by atoms with Crippen molar-refractivity contribution in [1.29, 1.82) is 0 Å². The molecule has 6 nitrogen and oxygen atoms in total. The third-order valence-electron chi connectivity index (χ3n) is 3.63. The van der Waals surface area contributed by atoms with Crippen molar-refractivity contribution in [3.63, 3.8) is 0 Å². The van der Waals surface area contributed by atoms with Gasteiger partial charge in [-0.1, -0.05) is 0 Å². The molecule has 9 heteroatoms. The number of rotatable bonds is 5. The van der Waals surface area contributed by atoms with Gasteiger partial charge in [-0.15, -0.1) is 13.2 Å². The second-order valence-corrected chi connectivity index (χ2v) is 5.64. The highest BCUT2D eigenvalue weighted by Crippen LogP contribution is 2.40. The van der Waals surface area contributed by atoms with Gasteiger partial charge in [-0.2, -0.15) is 0 Å². The number of carbonyl (C=O) groups is 1. The minimum absolute atomic E-state index is 0.323. The lowest BCUT2D eigenvalue weighted by molar-refractivity contribution is -0.274. The molecule has 28 heavy (non-hydrogen) atoms. The third-order valence-corrected chi connectivity index (χ3v) is 3.63. The van der Waals surface area contributed by atoms with E-state index < -0.39 is 12.3 Å². The number of anilines is 1. The molecule has 1 aliphatic rings. The quantitative estimate of drug-likeness (QED) is 0.775. The fourth-order valence-electron chi connectivity index (χ4n) is 2.49. The molecule has 1 heterocycles. The molecule has 0 bridgehead atoms. The number of methoxy groups -OCH3 is 1. The number of hydrogen-bond acceptors (Lipinski definition) is 5. The van der Waals surface area contributed by atoms with Crippen LogP contribution in [-0.2, 0) is 4.79 Å². The van der Waals surface area contributed by atoms with Crippen LogP contribution in [0.1, 0.15) is 5.56 Å². The van der Waals surface area contributed by atoms with Gasteiger partial charge in [0.05, 0.1) is 7.11 Å². The summed E-state index contributed by atoms with van der Waals surface area (Å²) in [5.74, 6) is 0.683. The highest BCUT2D eigenvalue weighted by Gasteiger charge is 2.30. The summed E-state index contributed by atoms with van der Waals surface area (Å²) in [7, 11) is 1.50. The third kappa shape index (κ3) is 5.09. The topological polar surface area (TPSA) is 66.0 Å². The summed E-state index contributed by atoms with van der Waals surface area (Å²) in [6.45, 7) is 0.839. The van der Waals surface area contributed by atoms with Crippen LogP contribution in [0.4, 0.5) is 18.9 Å². The molecule has 2 aromatic carbocycles. The van der Waals surface area contributed by atoms with Crippen molar-refractivity contribution in [2.45, 2.75) is 6.36 Å². The van der Waals surface area contributed by atoms with E-state index in [1.165, 1.54) is 25.3 Å². The van der Waals surface area contributed by atoms with Crippen LogP contribution in [0.5, 0.6) is 23.0 Å². The summed E-state index contributed by atoms with van der Waals surface area (Å²) in [6.07, 6.45) is -1.93. The fraction of sp³-hybridized carbons (Fsp3) is 0.211. The van der Waals surface area contributed by atoms with Gasteiger partial charge in [0.1, 0.15) is 19.0 Å². The number of hydrogen-bond donors (Lipinski definition) is 1. The maximum absolute atomic E-state index is 12.1. The second-order valence-electron chi connectivity index (χ2n) is 5.64. The van der Waals surface area contributed by atoms with E-state index in [0.29, 0.717) is 41.7 Å².